The molecule has 1 atom stereocenters. The van der Waals surface area contributed by atoms with E-state index < -0.39 is 0 Å². The topological polar surface area (TPSA) is 89.9 Å². The van der Waals surface area contributed by atoms with Crippen LogP contribution in [0.25, 0.3) is 11.5 Å². The fourth-order valence-corrected chi connectivity index (χ4v) is 3.47. The number of hydrogen-bond donors (Lipinski definition) is 0. The van der Waals surface area contributed by atoms with E-state index >= 15 is 0 Å². The molecule has 4 heterocycles. The second-order valence-electron chi connectivity index (χ2n) is 5.37. The Hall–Kier alpha value is -2.68. The normalized spacial score (nSPS) is 17.6. The SMILES string of the molecule is Cn1cc(N2CC[C@H](Sc3nnc(-c4ccncc4)o3)C2=O)cn1. The van der Waals surface area contributed by atoms with E-state index in [4.69, 9.17) is 4.42 Å². The molecule has 0 bridgehead atoms. The maximum Gasteiger partial charge on any atom is 0.277 e. The predicted octanol–water partition coefficient (Wildman–Crippen LogP) is 1.76. The van der Waals surface area contributed by atoms with E-state index in [9.17, 15) is 4.79 Å². The van der Waals surface area contributed by atoms with Crippen LogP contribution in [0.5, 0.6) is 0 Å². The number of aryl methyl sites for hydroxylation is 1. The molecule has 0 spiro atoms. The molecule has 0 radical (unpaired) electrons. The summed E-state index contributed by atoms with van der Waals surface area (Å²) in [6.45, 7) is 0.660. The van der Waals surface area contributed by atoms with Crippen LogP contribution < -0.4 is 4.90 Å². The average molecular weight is 342 g/mol. The van der Waals surface area contributed by atoms with E-state index in [1.54, 1.807) is 40.3 Å². The zero-order valence-corrected chi connectivity index (χ0v) is 13.7. The van der Waals surface area contributed by atoms with E-state index in [1.807, 2.05) is 13.2 Å². The molecule has 0 N–H and O–H groups in total. The Kier molecular flexibility index (Phi) is 3.77. The van der Waals surface area contributed by atoms with Crippen LogP contribution in [0.3, 0.4) is 0 Å². The predicted molar refractivity (Wildman–Crippen MR) is 87.4 cm³/mol. The fraction of sp³-hybridized carbons (Fsp3) is 0.267. The van der Waals surface area contributed by atoms with Gasteiger partial charge in [-0.15, -0.1) is 10.2 Å². The Morgan fingerprint density at radius 2 is 2.12 bits per heavy atom. The standard InChI is InChI=1S/C15H14N6O2S/c1-20-9-11(8-17-20)21-7-4-12(14(21)22)24-15-19-18-13(23-15)10-2-5-16-6-3-10/h2-3,5-6,8-9,12H,4,7H2,1H3/t12-/m0/s1. The number of thioether (sulfide) groups is 1. The number of carbonyl (C=O) groups excluding carboxylic acids is 1. The largest absolute Gasteiger partial charge is 0.411 e. The summed E-state index contributed by atoms with van der Waals surface area (Å²) in [5.41, 5.74) is 1.62. The first kappa shape index (κ1) is 14.9. The summed E-state index contributed by atoms with van der Waals surface area (Å²) in [4.78, 5) is 18.3. The number of rotatable bonds is 4. The van der Waals surface area contributed by atoms with Gasteiger partial charge in [0.2, 0.25) is 11.8 Å². The third-order valence-electron chi connectivity index (χ3n) is 3.74. The van der Waals surface area contributed by atoms with Crippen LogP contribution in [-0.2, 0) is 11.8 Å². The van der Waals surface area contributed by atoms with Gasteiger partial charge >= 0.3 is 0 Å². The Labute approximate surface area is 141 Å². The minimum absolute atomic E-state index is 0.0386. The van der Waals surface area contributed by atoms with E-state index in [-0.39, 0.29) is 11.2 Å². The highest BCUT2D eigenvalue weighted by molar-refractivity contribution is 8.00. The molecular formula is C15H14N6O2S. The maximum absolute atomic E-state index is 12.6. The van der Waals surface area contributed by atoms with Crippen LogP contribution in [-0.4, -0.2) is 42.7 Å². The molecule has 0 unspecified atom stereocenters. The average Bonchev–Trinajstić information content (AvgIpc) is 3.31. The lowest BCUT2D eigenvalue weighted by Gasteiger charge is -2.13. The van der Waals surface area contributed by atoms with Crippen molar-refractivity contribution < 1.29 is 9.21 Å². The molecule has 9 heteroatoms. The van der Waals surface area contributed by atoms with E-state index in [0.717, 1.165) is 17.7 Å². The van der Waals surface area contributed by atoms with Crippen molar-refractivity contribution in [2.24, 2.45) is 7.05 Å². The van der Waals surface area contributed by atoms with Gasteiger partial charge in [0.15, 0.2) is 0 Å². The molecule has 3 aromatic heterocycles. The molecule has 0 aliphatic carbocycles. The summed E-state index contributed by atoms with van der Waals surface area (Å²) < 4.78 is 7.33. The minimum Gasteiger partial charge on any atom is -0.411 e. The van der Waals surface area contributed by atoms with Gasteiger partial charge in [0.1, 0.15) is 0 Å². The van der Waals surface area contributed by atoms with E-state index in [0.29, 0.717) is 17.7 Å². The molecular weight excluding hydrogens is 328 g/mol. The van der Waals surface area contributed by atoms with Crippen molar-refractivity contribution in [3.05, 3.63) is 36.9 Å². The van der Waals surface area contributed by atoms with Crippen LogP contribution >= 0.6 is 11.8 Å². The van der Waals surface area contributed by atoms with Crippen molar-refractivity contribution in [1.29, 1.82) is 0 Å². The van der Waals surface area contributed by atoms with Crippen LogP contribution in [0.2, 0.25) is 0 Å². The molecule has 0 aromatic carbocycles. The van der Waals surface area contributed by atoms with Gasteiger partial charge in [-0.3, -0.25) is 14.5 Å². The van der Waals surface area contributed by atoms with Crippen LogP contribution in [0.4, 0.5) is 5.69 Å². The van der Waals surface area contributed by atoms with E-state index in [2.05, 4.69) is 20.3 Å². The smallest absolute Gasteiger partial charge is 0.277 e. The quantitative estimate of drug-likeness (QED) is 0.713. The molecule has 1 aliphatic rings. The molecule has 1 saturated heterocycles. The summed E-state index contributed by atoms with van der Waals surface area (Å²) >= 11 is 1.31. The first-order valence-corrected chi connectivity index (χ1v) is 8.29. The molecule has 1 aliphatic heterocycles. The Balaban J connectivity index is 1.47. The molecule has 24 heavy (non-hydrogen) atoms. The molecule has 4 rings (SSSR count). The summed E-state index contributed by atoms with van der Waals surface area (Å²) in [6.07, 6.45) is 7.58. The van der Waals surface area contributed by atoms with Crippen molar-refractivity contribution in [2.45, 2.75) is 16.9 Å². The van der Waals surface area contributed by atoms with Crippen LogP contribution in [0.1, 0.15) is 6.42 Å². The third-order valence-corrected chi connectivity index (χ3v) is 4.82. The van der Waals surface area contributed by atoms with Crippen molar-refractivity contribution in [3.8, 4) is 11.5 Å². The van der Waals surface area contributed by atoms with E-state index in [1.165, 1.54) is 11.8 Å². The Bertz CT molecular complexity index is 862. The number of pyridine rings is 1. The number of carbonyl (C=O) groups is 1. The zero-order valence-electron chi connectivity index (χ0n) is 12.9. The molecule has 122 valence electrons. The van der Waals surface area contributed by atoms with Gasteiger partial charge in [0.25, 0.3) is 5.22 Å². The highest BCUT2D eigenvalue weighted by atomic mass is 32.2. The van der Waals surface area contributed by atoms with Gasteiger partial charge < -0.3 is 9.32 Å². The van der Waals surface area contributed by atoms with Gasteiger partial charge in [-0.2, -0.15) is 5.10 Å². The first-order valence-electron chi connectivity index (χ1n) is 7.41. The third kappa shape index (κ3) is 2.78. The second-order valence-corrected chi connectivity index (χ2v) is 6.52. The highest BCUT2D eigenvalue weighted by Crippen LogP contribution is 2.33. The molecule has 3 aromatic rings. The van der Waals surface area contributed by atoms with Crippen molar-refractivity contribution in [1.82, 2.24) is 25.0 Å². The number of nitrogens with zero attached hydrogens (tertiary/aromatic N) is 6. The van der Waals surface area contributed by atoms with Crippen molar-refractivity contribution in [2.75, 3.05) is 11.4 Å². The lowest BCUT2D eigenvalue weighted by Crippen LogP contribution is -2.27. The zero-order chi connectivity index (χ0) is 16.5. The van der Waals surface area contributed by atoms with Crippen molar-refractivity contribution >= 4 is 23.4 Å². The van der Waals surface area contributed by atoms with Gasteiger partial charge in [-0.1, -0.05) is 11.8 Å². The first-order chi connectivity index (χ1) is 11.7. The number of amides is 1. The lowest BCUT2D eigenvalue weighted by molar-refractivity contribution is -0.116. The minimum atomic E-state index is -0.226. The van der Waals surface area contributed by atoms with Gasteiger partial charge in [-0.25, -0.2) is 0 Å². The van der Waals surface area contributed by atoms with Crippen LogP contribution in [0.15, 0.2) is 46.6 Å². The lowest BCUT2D eigenvalue weighted by atomic mass is 10.3. The molecule has 1 fully saturated rings. The second kappa shape index (κ2) is 6.08. The monoisotopic (exact) mass is 342 g/mol. The van der Waals surface area contributed by atoms with Gasteiger partial charge in [0.05, 0.1) is 17.1 Å². The summed E-state index contributed by atoms with van der Waals surface area (Å²) in [5, 5.41) is 12.3. The van der Waals surface area contributed by atoms with Gasteiger partial charge in [0, 0.05) is 37.7 Å². The van der Waals surface area contributed by atoms with Crippen LogP contribution in [0, 0.1) is 0 Å². The molecule has 0 saturated carbocycles. The summed E-state index contributed by atoms with van der Waals surface area (Å²) in [6, 6.07) is 3.60. The molecule has 8 nitrogen and oxygen atoms in total. The summed E-state index contributed by atoms with van der Waals surface area (Å²) in [7, 11) is 1.83. The fourth-order valence-electron chi connectivity index (χ4n) is 2.56. The van der Waals surface area contributed by atoms with Crippen molar-refractivity contribution in [3.63, 3.8) is 0 Å². The molecule has 1 amide bonds. The number of hydrogen-bond acceptors (Lipinski definition) is 7. The number of aromatic nitrogens is 5. The maximum atomic E-state index is 12.6. The van der Waals surface area contributed by atoms with Gasteiger partial charge in [-0.05, 0) is 18.6 Å². The Morgan fingerprint density at radius 3 is 2.88 bits per heavy atom. The Morgan fingerprint density at radius 1 is 1.29 bits per heavy atom. The summed E-state index contributed by atoms with van der Waals surface area (Å²) in [5.74, 6) is 0.464. The highest BCUT2D eigenvalue weighted by Gasteiger charge is 2.35. The number of anilines is 1.